The minimum atomic E-state index is -0.408. The van der Waals surface area contributed by atoms with Crippen LogP contribution >= 0.6 is 0 Å². The maximum absolute atomic E-state index is 12.1. The summed E-state index contributed by atoms with van der Waals surface area (Å²) in [4.78, 5) is 12.1. The Balaban J connectivity index is 1.58. The van der Waals surface area contributed by atoms with Crippen LogP contribution in [0.2, 0.25) is 0 Å². The van der Waals surface area contributed by atoms with Gasteiger partial charge in [0.1, 0.15) is 6.61 Å². The molecule has 1 aliphatic carbocycles. The van der Waals surface area contributed by atoms with Crippen molar-refractivity contribution in [3.8, 4) is 0 Å². The lowest BCUT2D eigenvalue weighted by Crippen LogP contribution is -2.09. The molecule has 1 fully saturated rings. The van der Waals surface area contributed by atoms with Gasteiger partial charge >= 0.3 is 5.97 Å². The fourth-order valence-corrected chi connectivity index (χ4v) is 2.26. The van der Waals surface area contributed by atoms with Gasteiger partial charge in [-0.3, -0.25) is 0 Å². The number of carbonyl (C=O) groups excluding carboxylic acids is 1. The Morgan fingerprint density at radius 1 is 1.33 bits per heavy atom. The van der Waals surface area contributed by atoms with Gasteiger partial charge in [0.15, 0.2) is 5.69 Å². The number of carbonyl (C=O) groups is 1. The Morgan fingerprint density at radius 3 is 2.81 bits per heavy atom. The smallest absolute Gasteiger partial charge is 0.361 e. The summed E-state index contributed by atoms with van der Waals surface area (Å²) in [6, 6.07) is 9.62. The van der Waals surface area contributed by atoms with Crippen LogP contribution in [0.25, 0.3) is 0 Å². The molecule has 1 aromatic heterocycles. The van der Waals surface area contributed by atoms with Gasteiger partial charge in [0.25, 0.3) is 0 Å². The molecule has 3 rings (SSSR count). The molecule has 5 heteroatoms. The van der Waals surface area contributed by atoms with Crippen LogP contribution in [0, 0.1) is 12.8 Å². The van der Waals surface area contributed by atoms with E-state index in [-0.39, 0.29) is 6.61 Å². The van der Waals surface area contributed by atoms with Crippen LogP contribution in [0.15, 0.2) is 30.3 Å². The van der Waals surface area contributed by atoms with Gasteiger partial charge in [0.2, 0.25) is 0 Å². The first-order chi connectivity index (χ1) is 10.2. The molecule has 21 heavy (non-hydrogen) atoms. The average Bonchev–Trinajstić information content (AvgIpc) is 3.27. The van der Waals surface area contributed by atoms with Crippen LogP contribution in [-0.4, -0.2) is 21.0 Å². The monoisotopic (exact) mass is 285 g/mol. The molecule has 0 saturated heterocycles. The molecule has 1 aliphatic rings. The average molecular weight is 285 g/mol. The van der Waals surface area contributed by atoms with Crippen molar-refractivity contribution in [3.63, 3.8) is 0 Å². The quantitative estimate of drug-likeness (QED) is 0.766. The zero-order valence-electron chi connectivity index (χ0n) is 12.2. The summed E-state index contributed by atoms with van der Waals surface area (Å²) in [6.07, 6.45) is 3.75. The van der Waals surface area contributed by atoms with Crippen molar-refractivity contribution in [1.29, 1.82) is 0 Å². The molecule has 0 atom stereocenters. The van der Waals surface area contributed by atoms with Gasteiger partial charge in [-0.2, -0.15) is 0 Å². The highest BCUT2D eigenvalue weighted by Gasteiger charge is 2.23. The second-order valence-electron chi connectivity index (χ2n) is 5.54. The highest BCUT2D eigenvalue weighted by atomic mass is 16.5. The topological polar surface area (TPSA) is 57.0 Å². The van der Waals surface area contributed by atoms with Crippen molar-refractivity contribution in [2.24, 2.45) is 5.92 Å². The number of esters is 1. The number of rotatable bonds is 6. The summed E-state index contributed by atoms with van der Waals surface area (Å²) in [5.74, 6) is 0.427. The van der Waals surface area contributed by atoms with Crippen LogP contribution in [-0.2, 0) is 17.9 Å². The van der Waals surface area contributed by atoms with E-state index >= 15 is 0 Å². The van der Waals surface area contributed by atoms with Crippen LogP contribution < -0.4 is 0 Å². The van der Waals surface area contributed by atoms with Crippen LogP contribution in [0.5, 0.6) is 0 Å². The molecule has 0 aliphatic heterocycles. The lowest BCUT2D eigenvalue weighted by molar-refractivity contribution is 0.0464. The zero-order valence-corrected chi connectivity index (χ0v) is 12.2. The third-order valence-corrected chi connectivity index (χ3v) is 3.83. The molecule has 1 aromatic carbocycles. The largest absolute Gasteiger partial charge is 0.456 e. The van der Waals surface area contributed by atoms with Crippen molar-refractivity contribution in [1.82, 2.24) is 15.0 Å². The Hall–Kier alpha value is -2.17. The summed E-state index contributed by atoms with van der Waals surface area (Å²) in [5, 5.41) is 8.02. The van der Waals surface area contributed by atoms with Crippen molar-refractivity contribution in [2.45, 2.75) is 39.3 Å². The first-order valence-electron chi connectivity index (χ1n) is 7.35. The second kappa shape index (κ2) is 6.08. The number of hydrogen-bond donors (Lipinski definition) is 0. The third kappa shape index (κ3) is 3.48. The van der Waals surface area contributed by atoms with Crippen LogP contribution in [0.3, 0.4) is 0 Å². The number of nitrogens with zero attached hydrogens (tertiary/aromatic N) is 3. The van der Waals surface area contributed by atoms with Crippen molar-refractivity contribution in [2.75, 3.05) is 0 Å². The predicted octanol–water partition coefficient (Wildman–Crippen LogP) is 2.74. The van der Waals surface area contributed by atoms with Gasteiger partial charge in [-0.25, -0.2) is 9.48 Å². The summed E-state index contributed by atoms with van der Waals surface area (Å²) < 4.78 is 7.09. The van der Waals surface area contributed by atoms with Crippen LogP contribution in [0.1, 0.15) is 41.0 Å². The normalized spacial score (nSPS) is 14.1. The summed E-state index contributed by atoms with van der Waals surface area (Å²) in [6.45, 7) is 2.95. The second-order valence-corrected chi connectivity index (χ2v) is 5.54. The van der Waals surface area contributed by atoms with Crippen LogP contribution in [0.4, 0.5) is 0 Å². The summed E-state index contributed by atoms with van der Waals surface area (Å²) >= 11 is 0. The Morgan fingerprint density at radius 2 is 2.10 bits per heavy atom. The lowest BCUT2D eigenvalue weighted by atomic mass is 10.2. The van der Waals surface area contributed by atoms with Gasteiger partial charge in [0, 0.05) is 6.54 Å². The van der Waals surface area contributed by atoms with E-state index in [1.807, 2.05) is 37.3 Å². The first-order valence-corrected chi connectivity index (χ1v) is 7.35. The van der Waals surface area contributed by atoms with E-state index in [0.29, 0.717) is 5.69 Å². The highest BCUT2D eigenvalue weighted by Crippen LogP contribution is 2.32. The summed E-state index contributed by atoms with van der Waals surface area (Å²) in [7, 11) is 0. The number of ether oxygens (including phenoxy) is 1. The van der Waals surface area contributed by atoms with Crippen molar-refractivity contribution in [3.05, 3.63) is 47.3 Å². The van der Waals surface area contributed by atoms with E-state index in [1.165, 1.54) is 12.8 Å². The molecule has 110 valence electrons. The molecule has 0 unspecified atom stereocenters. The lowest BCUT2D eigenvalue weighted by Gasteiger charge is -2.04. The third-order valence-electron chi connectivity index (χ3n) is 3.83. The molecule has 5 nitrogen and oxygen atoms in total. The standard InChI is InChI=1S/C16H19N3O2/c1-12-15(17-18-19(12)10-9-13-7-8-13)16(20)21-11-14-5-3-2-4-6-14/h2-6,13H,7-11H2,1H3. The maximum atomic E-state index is 12.1. The highest BCUT2D eigenvalue weighted by molar-refractivity contribution is 5.88. The molecule has 2 aromatic rings. The number of benzene rings is 1. The van der Waals surface area contributed by atoms with Crippen molar-refractivity contribution < 1.29 is 9.53 Å². The van der Waals surface area contributed by atoms with Gasteiger partial charge < -0.3 is 4.74 Å². The fraction of sp³-hybridized carbons (Fsp3) is 0.438. The molecule has 0 N–H and O–H groups in total. The number of aromatic nitrogens is 3. The van der Waals surface area contributed by atoms with E-state index in [0.717, 1.165) is 30.1 Å². The van der Waals surface area contributed by atoms with E-state index < -0.39 is 5.97 Å². The van der Waals surface area contributed by atoms with Gasteiger partial charge in [-0.15, -0.1) is 5.10 Å². The Bertz CT molecular complexity index is 618. The first kappa shape index (κ1) is 13.8. The molecule has 1 heterocycles. The molecular weight excluding hydrogens is 266 g/mol. The molecule has 0 amide bonds. The van der Waals surface area contributed by atoms with E-state index in [9.17, 15) is 4.79 Å². The van der Waals surface area contributed by atoms with E-state index in [1.54, 1.807) is 4.68 Å². The maximum Gasteiger partial charge on any atom is 0.361 e. The molecular formula is C16H19N3O2. The SMILES string of the molecule is Cc1c(C(=O)OCc2ccccc2)nnn1CCC1CC1. The minimum absolute atomic E-state index is 0.258. The molecule has 0 spiro atoms. The Kier molecular flexibility index (Phi) is 3.99. The zero-order chi connectivity index (χ0) is 14.7. The van der Waals surface area contributed by atoms with E-state index in [2.05, 4.69) is 10.3 Å². The summed E-state index contributed by atoms with van der Waals surface area (Å²) in [5.41, 5.74) is 2.07. The molecule has 0 bridgehead atoms. The molecule has 0 radical (unpaired) electrons. The van der Waals surface area contributed by atoms with Gasteiger partial charge in [0.05, 0.1) is 5.69 Å². The predicted molar refractivity (Wildman–Crippen MR) is 77.7 cm³/mol. The number of aryl methyl sites for hydroxylation is 1. The minimum Gasteiger partial charge on any atom is -0.456 e. The Labute approximate surface area is 123 Å². The van der Waals surface area contributed by atoms with E-state index in [4.69, 9.17) is 4.74 Å². The molecule has 1 saturated carbocycles. The van der Waals surface area contributed by atoms with Gasteiger partial charge in [-0.05, 0) is 24.8 Å². The van der Waals surface area contributed by atoms with Gasteiger partial charge in [-0.1, -0.05) is 48.4 Å². The van der Waals surface area contributed by atoms with Crippen molar-refractivity contribution >= 4 is 5.97 Å². The fourth-order valence-electron chi connectivity index (χ4n) is 2.26. The number of hydrogen-bond acceptors (Lipinski definition) is 4.